The third-order valence-electron chi connectivity index (χ3n) is 2.85. The minimum atomic E-state index is -3.30. The van der Waals surface area contributed by atoms with Gasteiger partial charge in [0.15, 0.2) is 0 Å². The molecule has 0 radical (unpaired) electrons. The number of anilines is 1. The molecule has 0 spiro atoms. The average molecular weight is 270 g/mol. The van der Waals surface area contributed by atoms with Gasteiger partial charge in [0.05, 0.1) is 0 Å². The highest BCUT2D eigenvalue weighted by Crippen LogP contribution is 2.08. The molecule has 0 aliphatic heterocycles. The van der Waals surface area contributed by atoms with Crippen LogP contribution in [0.3, 0.4) is 0 Å². The molecule has 1 atom stereocenters. The Kier molecular flexibility index (Phi) is 6.15. The van der Waals surface area contributed by atoms with Crippen molar-refractivity contribution in [3.05, 3.63) is 30.3 Å². The van der Waals surface area contributed by atoms with Crippen LogP contribution in [0.1, 0.15) is 26.7 Å². The standard InChI is InChI=1S/C13H22N2O2S/c1-3-12(2)9-10-14-11-18(16,17)15-13-7-5-4-6-8-13/h4-8,12,14-15H,3,9-11H2,1-2H3. The zero-order chi connectivity index (χ0) is 13.4. The normalized spacial score (nSPS) is 13.2. The van der Waals surface area contributed by atoms with Crippen LogP contribution < -0.4 is 10.0 Å². The summed E-state index contributed by atoms with van der Waals surface area (Å²) < 4.78 is 26.0. The van der Waals surface area contributed by atoms with Gasteiger partial charge in [-0.2, -0.15) is 0 Å². The lowest BCUT2D eigenvalue weighted by Crippen LogP contribution is -2.29. The molecule has 0 bridgehead atoms. The summed E-state index contributed by atoms with van der Waals surface area (Å²) in [6, 6.07) is 8.91. The van der Waals surface area contributed by atoms with E-state index in [2.05, 4.69) is 23.9 Å². The maximum absolute atomic E-state index is 11.7. The molecule has 1 aromatic carbocycles. The first kappa shape index (κ1) is 15.0. The minimum absolute atomic E-state index is 0.0433. The number of sulfonamides is 1. The molecule has 0 aliphatic rings. The second-order valence-electron chi connectivity index (χ2n) is 4.53. The van der Waals surface area contributed by atoms with Gasteiger partial charge in [0.25, 0.3) is 0 Å². The maximum atomic E-state index is 11.7. The lowest BCUT2D eigenvalue weighted by atomic mass is 10.1. The number of benzene rings is 1. The Hall–Kier alpha value is -1.07. The monoisotopic (exact) mass is 270 g/mol. The van der Waals surface area contributed by atoms with E-state index in [1.807, 2.05) is 6.07 Å². The molecule has 0 heterocycles. The highest BCUT2D eigenvalue weighted by Gasteiger charge is 2.09. The molecule has 1 rings (SSSR count). The maximum Gasteiger partial charge on any atom is 0.245 e. The summed E-state index contributed by atoms with van der Waals surface area (Å²) in [5, 5.41) is 2.96. The van der Waals surface area contributed by atoms with Crippen LogP contribution in [0.2, 0.25) is 0 Å². The Morgan fingerprint density at radius 3 is 2.50 bits per heavy atom. The van der Waals surface area contributed by atoms with Crippen LogP contribution >= 0.6 is 0 Å². The summed E-state index contributed by atoms with van der Waals surface area (Å²) in [5.74, 6) is 0.584. The molecule has 0 fully saturated rings. The van der Waals surface area contributed by atoms with Gasteiger partial charge in [-0.3, -0.25) is 4.72 Å². The van der Waals surface area contributed by atoms with Crippen molar-refractivity contribution >= 4 is 15.7 Å². The van der Waals surface area contributed by atoms with Gasteiger partial charge < -0.3 is 5.32 Å². The molecule has 0 aromatic heterocycles. The fraction of sp³-hybridized carbons (Fsp3) is 0.538. The Labute approximate surface area is 110 Å². The van der Waals surface area contributed by atoms with E-state index in [-0.39, 0.29) is 5.88 Å². The minimum Gasteiger partial charge on any atom is -0.302 e. The average Bonchev–Trinajstić information content (AvgIpc) is 2.35. The largest absolute Gasteiger partial charge is 0.302 e. The molecule has 18 heavy (non-hydrogen) atoms. The molecule has 102 valence electrons. The molecular formula is C13H22N2O2S. The fourth-order valence-corrected chi connectivity index (χ4v) is 2.46. The van der Waals surface area contributed by atoms with E-state index < -0.39 is 10.0 Å². The van der Waals surface area contributed by atoms with Crippen molar-refractivity contribution in [3.63, 3.8) is 0 Å². The molecule has 2 N–H and O–H groups in total. The second-order valence-corrected chi connectivity index (χ2v) is 6.25. The van der Waals surface area contributed by atoms with Gasteiger partial charge in [-0.05, 0) is 31.0 Å². The quantitative estimate of drug-likeness (QED) is 0.713. The topological polar surface area (TPSA) is 58.2 Å². The smallest absolute Gasteiger partial charge is 0.245 e. The third kappa shape index (κ3) is 6.02. The predicted molar refractivity (Wildman–Crippen MR) is 75.9 cm³/mol. The third-order valence-corrected chi connectivity index (χ3v) is 3.98. The van der Waals surface area contributed by atoms with Crippen LogP contribution in [0, 0.1) is 5.92 Å². The van der Waals surface area contributed by atoms with Crippen LogP contribution in [0.25, 0.3) is 0 Å². The summed E-state index contributed by atoms with van der Waals surface area (Å²) in [7, 11) is -3.30. The van der Waals surface area contributed by atoms with Gasteiger partial charge in [-0.1, -0.05) is 38.5 Å². The summed E-state index contributed by atoms with van der Waals surface area (Å²) in [5.41, 5.74) is 0.598. The number of rotatable bonds is 8. The molecular weight excluding hydrogens is 248 g/mol. The van der Waals surface area contributed by atoms with Gasteiger partial charge in [0.1, 0.15) is 5.88 Å². The molecule has 4 nitrogen and oxygen atoms in total. The summed E-state index contributed by atoms with van der Waals surface area (Å²) in [4.78, 5) is 0. The van der Waals surface area contributed by atoms with Gasteiger partial charge in [0.2, 0.25) is 10.0 Å². The first-order valence-corrected chi connectivity index (χ1v) is 7.95. The van der Waals surface area contributed by atoms with Crippen LogP contribution in [0.5, 0.6) is 0 Å². The van der Waals surface area contributed by atoms with E-state index in [1.54, 1.807) is 24.3 Å². The van der Waals surface area contributed by atoms with E-state index in [9.17, 15) is 8.42 Å². The number of para-hydroxylation sites is 1. The van der Waals surface area contributed by atoms with Crippen molar-refractivity contribution in [2.75, 3.05) is 17.1 Å². The molecule has 0 saturated carbocycles. The van der Waals surface area contributed by atoms with Gasteiger partial charge in [-0.25, -0.2) is 8.42 Å². The lowest BCUT2D eigenvalue weighted by Gasteiger charge is -2.11. The van der Waals surface area contributed by atoms with E-state index in [0.717, 1.165) is 19.4 Å². The number of hydrogen-bond acceptors (Lipinski definition) is 3. The summed E-state index contributed by atoms with van der Waals surface area (Å²) in [6.07, 6.45) is 2.12. The Bertz CT molecular complexity index is 432. The lowest BCUT2D eigenvalue weighted by molar-refractivity contribution is 0.497. The van der Waals surface area contributed by atoms with Crippen molar-refractivity contribution in [1.82, 2.24) is 5.32 Å². The molecule has 0 aliphatic carbocycles. The summed E-state index contributed by atoms with van der Waals surface area (Å²) in [6.45, 7) is 5.03. The molecule has 1 unspecified atom stereocenters. The van der Waals surface area contributed by atoms with Crippen LogP contribution in [0.15, 0.2) is 30.3 Å². The molecule has 0 saturated heterocycles. The first-order chi connectivity index (χ1) is 8.53. The Balaban J connectivity index is 2.32. The Morgan fingerprint density at radius 2 is 1.89 bits per heavy atom. The van der Waals surface area contributed by atoms with E-state index in [0.29, 0.717) is 11.6 Å². The van der Waals surface area contributed by atoms with Gasteiger partial charge in [0, 0.05) is 5.69 Å². The van der Waals surface area contributed by atoms with Crippen molar-refractivity contribution in [2.45, 2.75) is 26.7 Å². The van der Waals surface area contributed by atoms with Crippen LogP contribution in [-0.4, -0.2) is 20.8 Å². The van der Waals surface area contributed by atoms with Crippen molar-refractivity contribution < 1.29 is 8.42 Å². The Morgan fingerprint density at radius 1 is 1.22 bits per heavy atom. The fourth-order valence-electron chi connectivity index (χ4n) is 1.48. The molecule has 0 amide bonds. The SMILES string of the molecule is CCC(C)CCNCS(=O)(=O)Nc1ccccc1. The van der Waals surface area contributed by atoms with Crippen molar-refractivity contribution in [1.29, 1.82) is 0 Å². The highest BCUT2D eigenvalue weighted by atomic mass is 32.2. The van der Waals surface area contributed by atoms with Gasteiger partial charge in [-0.15, -0.1) is 0 Å². The zero-order valence-corrected chi connectivity index (χ0v) is 11.8. The van der Waals surface area contributed by atoms with Crippen LogP contribution in [-0.2, 0) is 10.0 Å². The predicted octanol–water partition coefficient (Wildman–Crippen LogP) is 2.41. The van der Waals surface area contributed by atoms with E-state index in [4.69, 9.17) is 0 Å². The van der Waals surface area contributed by atoms with Gasteiger partial charge >= 0.3 is 0 Å². The number of nitrogens with one attached hydrogen (secondary N) is 2. The zero-order valence-electron chi connectivity index (χ0n) is 11.0. The first-order valence-electron chi connectivity index (χ1n) is 6.29. The highest BCUT2D eigenvalue weighted by molar-refractivity contribution is 7.92. The molecule has 5 heteroatoms. The van der Waals surface area contributed by atoms with Crippen molar-refractivity contribution in [2.24, 2.45) is 5.92 Å². The van der Waals surface area contributed by atoms with Crippen LogP contribution in [0.4, 0.5) is 5.69 Å². The van der Waals surface area contributed by atoms with E-state index >= 15 is 0 Å². The number of hydrogen-bond donors (Lipinski definition) is 2. The molecule has 1 aromatic rings. The van der Waals surface area contributed by atoms with E-state index in [1.165, 1.54) is 0 Å². The second kappa shape index (κ2) is 7.38. The summed E-state index contributed by atoms with van der Waals surface area (Å²) >= 11 is 0. The van der Waals surface area contributed by atoms with Crippen molar-refractivity contribution in [3.8, 4) is 0 Å².